The molecule has 4 nitrogen and oxygen atoms in total. The summed E-state index contributed by atoms with van der Waals surface area (Å²) in [4.78, 5) is 14.3. The number of piperidine rings is 1. The molecule has 1 aromatic rings. The molecule has 21 heavy (non-hydrogen) atoms. The van der Waals surface area contributed by atoms with Gasteiger partial charge >= 0.3 is 0 Å². The molecular weight excluding hydrogens is 264 g/mol. The zero-order valence-corrected chi connectivity index (χ0v) is 13.1. The molecule has 0 aromatic heterocycles. The fourth-order valence-electron chi connectivity index (χ4n) is 2.71. The third kappa shape index (κ3) is 4.74. The molecule has 1 N–H and O–H groups in total. The maximum atomic E-state index is 12.5. The van der Waals surface area contributed by atoms with Gasteiger partial charge in [-0.3, -0.25) is 4.79 Å². The maximum absolute atomic E-state index is 12.5. The smallest absolute Gasteiger partial charge is 0.253 e. The topological polar surface area (TPSA) is 41.6 Å². The van der Waals surface area contributed by atoms with Crippen molar-refractivity contribution in [2.24, 2.45) is 5.92 Å². The summed E-state index contributed by atoms with van der Waals surface area (Å²) in [5, 5.41) is 3.39. The lowest BCUT2D eigenvalue weighted by molar-refractivity contribution is 0.0764. The van der Waals surface area contributed by atoms with Gasteiger partial charge in [0.15, 0.2) is 0 Å². The molecule has 1 aliphatic heterocycles. The molecule has 0 spiro atoms. The molecule has 1 saturated heterocycles. The summed E-state index contributed by atoms with van der Waals surface area (Å²) in [6.07, 6.45) is 3.37. The SMILES string of the molecule is CCCOc1cccc(C(=O)N(C)CC2CCCNC2)c1. The Morgan fingerprint density at radius 3 is 3.05 bits per heavy atom. The normalized spacial score (nSPS) is 18.3. The Bertz CT molecular complexity index is 456. The van der Waals surface area contributed by atoms with Crippen LogP contribution >= 0.6 is 0 Å². The Balaban J connectivity index is 1.94. The quantitative estimate of drug-likeness (QED) is 0.875. The van der Waals surface area contributed by atoms with Gasteiger partial charge in [-0.1, -0.05) is 13.0 Å². The van der Waals surface area contributed by atoms with Crippen LogP contribution in [0.25, 0.3) is 0 Å². The van der Waals surface area contributed by atoms with E-state index >= 15 is 0 Å². The van der Waals surface area contributed by atoms with Crippen LogP contribution in [0, 0.1) is 5.92 Å². The number of rotatable bonds is 6. The molecule has 0 radical (unpaired) electrons. The van der Waals surface area contributed by atoms with E-state index in [4.69, 9.17) is 4.74 Å². The second-order valence-electron chi connectivity index (χ2n) is 5.77. The summed E-state index contributed by atoms with van der Waals surface area (Å²) in [5.41, 5.74) is 0.704. The lowest BCUT2D eigenvalue weighted by Gasteiger charge is -2.27. The highest BCUT2D eigenvalue weighted by Crippen LogP contribution is 2.17. The van der Waals surface area contributed by atoms with Crippen molar-refractivity contribution < 1.29 is 9.53 Å². The van der Waals surface area contributed by atoms with Crippen LogP contribution in [0.15, 0.2) is 24.3 Å². The van der Waals surface area contributed by atoms with Crippen molar-refractivity contribution in [1.29, 1.82) is 0 Å². The lowest BCUT2D eigenvalue weighted by atomic mass is 9.99. The number of amides is 1. The average molecular weight is 290 g/mol. The second-order valence-corrected chi connectivity index (χ2v) is 5.77. The van der Waals surface area contributed by atoms with E-state index in [2.05, 4.69) is 12.2 Å². The molecular formula is C17H26N2O2. The van der Waals surface area contributed by atoms with Crippen molar-refractivity contribution in [3.05, 3.63) is 29.8 Å². The van der Waals surface area contributed by atoms with Crippen molar-refractivity contribution in [2.45, 2.75) is 26.2 Å². The summed E-state index contributed by atoms with van der Waals surface area (Å²) < 4.78 is 5.59. The minimum absolute atomic E-state index is 0.0718. The number of hydrogen-bond donors (Lipinski definition) is 1. The Morgan fingerprint density at radius 1 is 1.48 bits per heavy atom. The van der Waals surface area contributed by atoms with E-state index in [1.54, 1.807) is 0 Å². The number of nitrogens with zero attached hydrogens (tertiary/aromatic N) is 1. The molecule has 1 amide bonds. The van der Waals surface area contributed by atoms with Crippen molar-refractivity contribution in [2.75, 3.05) is 33.3 Å². The van der Waals surface area contributed by atoms with Gasteiger partial charge < -0.3 is 15.0 Å². The highest BCUT2D eigenvalue weighted by atomic mass is 16.5. The van der Waals surface area contributed by atoms with Gasteiger partial charge in [0.1, 0.15) is 5.75 Å². The van der Waals surface area contributed by atoms with Crippen LogP contribution in [0.1, 0.15) is 36.5 Å². The fraction of sp³-hybridized carbons (Fsp3) is 0.588. The minimum atomic E-state index is 0.0718. The number of carbonyl (C=O) groups excluding carboxylic acids is 1. The maximum Gasteiger partial charge on any atom is 0.253 e. The zero-order chi connectivity index (χ0) is 15.1. The molecule has 0 saturated carbocycles. The molecule has 1 fully saturated rings. The lowest BCUT2D eigenvalue weighted by Crippen LogP contribution is -2.39. The van der Waals surface area contributed by atoms with Gasteiger partial charge in [0, 0.05) is 19.2 Å². The van der Waals surface area contributed by atoms with E-state index < -0.39 is 0 Å². The number of ether oxygens (including phenoxy) is 1. The van der Waals surface area contributed by atoms with Crippen LogP contribution in [-0.2, 0) is 0 Å². The molecule has 1 heterocycles. The van der Waals surface area contributed by atoms with Gasteiger partial charge in [0.25, 0.3) is 5.91 Å². The van der Waals surface area contributed by atoms with E-state index in [-0.39, 0.29) is 5.91 Å². The molecule has 4 heteroatoms. The van der Waals surface area contributed by atoms with Crippen LogP contribution in [-0.4, -0.2) is 44.1 Å². The van der Waals surface area contributed by atoms with Gasteiger partial charge in [-0.05, 0) is 56.5 Å². The first kappa shape index (κ1) is 15.8. The van der Waals surface area contributed by atoms with Crippen molar-refractivity contribution in [1.82, 2.24) is 10.2 Å². The van der Waals surface area contributed by atoms with E-state index in [1.165, 1.54) is 12.8 Å². The summed E-state index contributed by atoms with van der Waals surface area (Å²) in [6, 6.07) is 7.48. The summed E-state index contributed by atoms with van der Waals surface area (Å²) in [6.45, 7) is 5.68. The van der Waals surface area contributed by atoms with E-state index in [9.17, 15) is 4.79 Å². The molecule has 1 atom stereocenters. The highest BCUT2D eigenvalue weighted by molar-refractivity contribution is 5.94. The summed E-state index contributed by atoms with van der Waals surface area (Å²) in [7, 11) is 1.89. The first-order valence-corrected chi connectivity index (χ1v) is 7.89. The van der Waals surface area contributed by atoms with Gasteiger partial charge in [-0.2, -0.15) is 0 Å². The Hall–Kier alpha value is -1.55. The Kier molecular flexibility index (Phi) is 6.05. The molecule has 0 aliphatic carbocycles. The third-order valence-corrected chi connectivity index (χ3v) is 3.83. The van der Waals surface area contributed by atoms with Crippen LogP contribution < -0.4 is 10.1 Å². The minimum Gasteiger partial charge on any atom is -0.494 e. The van der Waals surface area contributed by atoms with Crippen LogP contribution in [0.3, 0.4) is 0 Å². The van der Waals surface area contributed by atoms with Crippen molar-refractivity contribution >= 4 is 5.91 Å². The molecule has 1 aliphatic rings. The first-order chi connectivity index (χ1) is 10.2. The first-order valence-electron chi connectivity index (χ1n) is 7.89. The van der Waals surface area contributed by atoms with Crippen LogP contribution in [0.4, 0.5) is 0 Å². The van der Waals surface area contributed by atoms with Crippen LogP contribution in [0.5, 0.6) is 5.75 Å². The van der Waals surface area contributed by atoms with Crippen LogP contribution in [0.2, 0.25) is 0 Å². The fourth-order valence-corrected chi connectivity index (χ4v) is 2.71. The largest absolute Gasteiger partial charge is 0.494 e. The second kappa shape index (κ2) is 8.03. The zero-order valence-electron chi connectivity index (χ0n) is 13.1. The van der Waals surface area contributed by atoms with Gasteiger partial charge in [0.2, 0.25) is 0 Å². The van der Waals surface area contributed by atoms with Gasteiger partial charge in [-0.15, -0.1) is 0 Å². The molecule has 2 rings (SSSR count). The van der Waals surface area contributed by atoms with Crippen molar-refractivity contribution in [3.8, 4) is 5.75 Å². The summed E-state index contributed by atoms with van der Waals surface area (Å²) >= 11 is 0. The predicted octanol–water partition coefficient (Wildman–Crippen LogP) is 2.55. The van der Waals surface area contributed by atoms with Crippen molar-refractivity contribution in [3.63, 3.8) is 0 Å². The van der Waals surface area contributed by atoms with E-state index in [0.717, 1.165) is 31.8 Å². The third-order valence-electron chi connectivity index (χ3n) is 3.83. The average Bonchev–Trinajstić information content (AvgIpc) is 2.53. The predicted molar refractivity (Wildman–Crippen MR) is 84.8 cm³/mol. The molecule has 116 valence electrons. The Labute approximate surface area is 127 Å². The summed E-state index contributed by atoms with van der Waals surface area (Å²) in [5.74, 6) is 1.41. The number of benzene rings is 1. The monoisotopic (exact) mass is 290 g/mol. The number of carbonyl (C=O) groups is 1. The number of nitrogens with one attached hydrogen (secondary N) is 1. The molecule has 1 aromatic carbocycles. The van der Waals surface area contributed by atoms with E-state index in [0.29, 0.717) is 18.1 Å². The highest BCUT2D eigenvalue weighted by Gasteiger charge is 2.19. The Morgan fingerprint density at radius 2 is 2.33 bits per heavy atom. The van der Waals surface area contributed by atoms with E-state index in [1.807, 2.05) is 36.2 Å². The molecule has 0 bridgehead atoms. The van der Waals surface area contributed by atoms with Gasteiger partial charge in [-0.25, -0.2) is 0 Å². The van der Waals surface area contributed by atoms with Gasteiger partial charge in [0.05, 0.1) is 6.61 Å². The standard InChI is InChI=1S/C17H26N2O2/c1-3-10-21-16-8-4-7-15(11-16)17(20)19(2)13-14-6-5-9-18-12-14/h4,7-8,11,14,18H,3,5-6,9-10,12-13H2,1-2H3. The number of hydrogen-bond acceptors (Lipinski definition) is 3. The molecule has 1 unspecified atom stereocenters.